The molecule has 0 N–H and O–H groups in total. The number of benzene rings is 1. The minimum Gasteiger partial charge on any atom is -0.381 e. The number of nitrogens with zero attached hydrogens (tertiary/aromatic N) is 5. The second-order valence-corrected chi connectivity index (χ2v) is 11.4. The Kier molecular flexibility index (Phi) is 13.0. The van der Waals surface area contributed by atoms with Gasteiger partial charge in [-0.1, -0.05) is 26.8 Å². The van der Waals surface area contributed by atoms with Crippen molar-refractivity contribution in [3.05, 3.63) is 95.1 Å². The maximum Gasteiger partial charge on any atom is 0.144 e. The number of hydrogen-bond acceptors (Lipinski definition) is 5. The first-order valence-corrected chi connectivity index (χ1v) is 15.6. The summed E-state index contributed by atoms with van der Waals surface area (Å²) in [5.74, 6) is 0.325. The van der Waals surface area contributed by atoms with Crippen molar-refractivity contribution in [2.24, 2.45) is 7.05 Å². The Hall–Kier alpha value is -3.67. The number of aromatic nitrogens is 3. The Morgan fingerprint density at radius 2 is 1.77 bits per heavy atom. The lowest BCUT2D eigenvalue weighted by molar-refractivity contribution is 0.0367. The third-order valence-corrected chi connectivity index (χ3v) is 8.30. The van der Waals surface area contributed by atoms with E-state index >= 15 is 0 Å². The number of pyridine rings is 1. The number of rotatable bonds is 6. The fraction of sp³-hybridized carbons (Fsp3) is 0.472. The predicted octanol–water partition coefficient (Wildman–Crippen LogP) is 8.21. The molecule has 0 radical (unpaired) electrons. The van der Waals surface area contributed by atoms with Gasteiger partial charge in [0.2, 0.25) is 0 Å². The molecule has 0 amide bonds. The zero-order valence-corrected chi connectivity index (χ0v) is 27.1. The van der Waals surface area contributed by atoms with Crippen molar-refractivity contribution >= 4 is 11.0 Å². The highest BCUT2D eigenvalue weighted by atomic mass is 19.1. The number of hydrogen-bond donors (Lipinski definition) is 0. The van der Waals surface area contributed by atoms with Crippen molar-refractivity contribution in [1.82, 2.24) is 19.4 Å². The van der Waals surface area contributed by atoms with Gasteiger partial charge in [0.05, 0.1) is 29.3 Å². The second kappa shape index (κ2) is 16.4. The first-order valence-electron chi connectivity index (χ1n) is 15.6. The maximum absolute atomic E-state index is 14.6. The average Bonchev–Trinajstić information content (AvgIpc) is 3.53. The van der Waals surface area contributed by atoms with Gasteiger partial charge in [0.25, 0.3) is 0 Å². The molecule has 0 spiro atoms. The molecule has 3 aromatic rings. The SMILES string of the molecule is C1COC1.C=C.CC.Cc1ccc2nc(CN3CCC(C)(c4ccc(F)c(CCC5=C(F)C=C(C#N)CC5)n4)C3)n(C)c2c1. The van der Waals surface area contributed by atoms with E-state index in [1.165, 1.54) is 24.1 Å². The molecule has 1 atom stereocenters. The highest BCUT2D eigenvalue weighted by Gasteiger charge is 2.37. The number of allylic oxidation sites excluding steroid dienone is 4. The van der Waals surface area contributed by atoms with Gasteiger partial charge in [-0.25, -0.2) is 13.8 Å². The van der Waals surface area contributed by atoms with E-state index in [0.29, 0.717) is 42.5 Å². The summed E-state index contributed by atoms with van der Waals surface area (Å²) < 4.78 is 35.9. The van der Waals surface area contributed by atoms with Crippen LogP contribution in [0.2, 0.25) is 0 Å². The van der Waals surface area contributed by atoms with E-state index in [4.69, 9.17) is 20.0 Å². The molecule has 44 heavy (non-hydrogen) atoms. The van der Waals surface area contributed by atoms with Crippen LogP contribution >= 0.6 is 0 Å². The van der Waals surface area contributed by atoms with Gasteiger partial charge in [-0.05, 0) is 93.5 Å². The zero-order chi connectivity index (χ0) is 32.3. The van der Waals surface area contributed by atoms with Crippen LogP contribution in [0.15, 0.2) is 66.5 Å². The Bertz CT molecular complexity index is 1510. The normalized spacial score (nSPS) is 19.4. The standard InChI is InChI=1S/C29H31F2N5.C3H6O.C2H6.C2H4/c1-19-4-9-25-26(14-19)35(3)28(34-25)17-36-13-12-29(2,18-36)27-11-8-22(30)24(33-27)10-7-21-6-5-20(16-32)15-23(21)31;1-2-4-3-1;2*1-2/h4,8-9,11,14-15H,5-7,10,12-13,17-18H2,1-3H3;1-3H2;1-2H3;1-2H2. The molecule has 6 rings (SSSR count). The monoisotopic (exact) mass is 603 g/mol. The predicted molar refractivity (Wildman–Crippen MR) is 174 cm³/mol. The number of fused-ring (bicyclic) bond motifs is 1. The first-order chi connectivity index (χ1) is 21.3. The van der Waals surface area contributed by atoms with Crippen LogP contribution in [0.4, 0.5) is 8.78 Å². The Balaban J connectivity index is 0.000000592. The van der Waals surface area contributed by atoms with Gasteiger partial charge in [0.15, 0.2) is 0 Å². The Morgan fingerprint density at radius 1 is 1.07 bits per heavy atom. The van der Waals surface area contributed by atoms with E-state index in [9.17, 15) is 8.78 Å². The van der Waals surface area contributed by atoms with Crippen LogP contribution in [-0.4, -0.2) is 45.7 Å². The second-order valence-electron chi connectivity index (χ2n) is 11.4. The molecule has 2 aromatic heterocycles. The van der Waals surface area contributed by atoms with Crippen LogP contribution in [0.25, 0.3) is 11.0 Å². The highest BCUT2D eigenvalue weighted by molar-refractivity contribution is 5.76. The highest BCUT2D eigenvalue weighted by Crippen LogP contribution is 2.35. The summed E-state index contributed by atoms with van der Waals surface area (Å²) in [6, 6.07) is 11.6. The number of aryl methyl sites for hydroxylation is 3. The van der Waals surface area contributed by atoms with Gasteiger partial charge in [0, 0.05) is 43.5 Å². The van der Waals surface area contributed by atoms with E-state index in [2.05, 4.69) is 61.7 Å². The quantitative estimate of drug-likeness (QED) is 0.266. The molecule has 0 saturated carbocycles. The number of imidazole rings is 1. The summed E-state index contributed by atoms with van der Waals surface area (Å²) in [5.41, 5.74) is 5.53. The molecular weight excluding hydrogens is 556 g/mol. The fourth-order valence-electron chi connectivity index (χ4n) is 5.57. The van der Waals surface area contributed by atoms with Gasteiger partial charge in [-0.3, -0.25) is 9.88 Å². The molecular formula is C36H47F2N5O. The largest absolute Gasteiger partial charge is 0.381 e. The van der Waals surface area contributed by atoms with E-state index in [0.717, 1.165) is 61.8 Å². The van der Waals surface area contributed by atoms with Crippen LogP contribution in [0, 0.1) is 24.1 Å². The third kappa shape index (κ3) is 8.49. The van der Waals surface area contributed by atoms with Crippen molar-refractivity contribution in [3.63, 3.8) is 0 Å². The van der Waals surface area contributed by atoms with Crippen LogP contribution in [0.3, 0.4) is 0 Å². The fourth-order valence-corrected chi connectivity index (χ4v) is 5.57. The third-order valence-electron chi connectivity index (χ3n) is 8.30. The number of likely N-dealkylation sites (tertiary alicyclic amines) is 1. The summed E-state index contributed by atoms with van der Waals surface area (Å²) in [6.07, 6.45) is 5.30. The smallest absolute Gasteiger partial charge is 0.144 e. The Morgan fingerprint density at radius 3 is 2.41 bits per heavy atom. The van der Waals surface area contributed by atoms with Crippen molar-refractivity contribution in [3.8, 4) is 6.07 Å². The molecule has 1 aliphatic carbocycles. The number of ether oxygens (including phenoxy) is 1. The first kappa shape index (κ1) is 34.8. The van der Waals surface area contributed by atoms with Crippen LogP contribution in [0.5, 0.6) is 0 Å². The van der Waals surface area contributed by atoms with Gasteiger partial charge in [0.1, 0.15) is 17.5 Å². The molecule has 3 aliphatic rings. The van der Waals surface area contributed by atoms with Crippen molar-refractivity contribution < 1.29 is 13.5 Å². The van der Waals surface area contributed by atoms with Crippen LogP contribution < -0.4 is 0 Å². The summed E-state index contributed by atoms with van der Waals surface area (Å²) >= 11 is 0. The topological polar surface area (TPSA) is 67.0 Å². The molecule has 1 unspecified atom stereocenters. The lowest BCUT2D eigenvalue weighted by Gasteiger charge is -2.25. The maximum atomic E-state index is 14.6. The molecule has 2 saturated heterocycles. The van der Waals surface area contributed by atoms with Crippen LogP contribution in [0.1, 0.15) is 75.7 Å². The minimum absolute atomic E-state index is 0.191. The molecule has 236 valence electrons. The van der Waals surface area contributed by atoms with Gasteiger partial charge in [-0.15, -0.1) is 13.2 Å². The molecule has 6 nitrogen and oxygen atoms in total. The lowest BCUT2D eigenvalue weighted by Crippen LogP contribution is -2.30. The molecule has 2 aliphatic heterocycles. The Labute approximate surface area is 261 Å². The number of halogens is 2. The van der Waals surface area contributed by atoms with Crippen molar-refractivity contribution in [1.29, 1.82) is 5.26 Å². The van der Waals surface area contributed by atoms with Crippen molar-refractivity contribution in [2.45, 2.75) is 78.2 Å². The average molecular weight is 604 g/mol. The van der Waals surface area contributed by atoms with E-state index in [1.807, 2.05) is 19.9 Å². The number of nitriles is 1. The zero-order valence-electron chi connectivity index (χ0n) is 27.1. The molecule has 1 aromatic carbocycles. The van der Waals surface area contributed by atoms with E-state index in [1.54, 1.807) is 6.07 Å². The summed E-state index contributed by atoms with van der Waals surface area (Å²) in [7, 11) is 2.06. The summed E-state index contributed by atoms with van der Waals surface area (Å²) in [6.45, 7) is 18.8. The molecule has 8 heteroatoms. The minimum atomic E-state index is -0.357. The van der Waals surface area contributed by atoms with Crippen molar-refractivity contribution in [2.75, 3.05) is 26.3 Å². The van der Waals surface area contributed by atoms with E-state index in [-0.39, 0.29) is 17.1 Å². The van der Waals surface area contributed by atoms with Gasteiger partial charge >= 0.3 is 0 Å². The van der Waals surface area contributed by atoms with Gasteiger partial charge < -0.3 is 9.30 Å². The summed E-state index contributed by atoms with van der Waals surface area (Å²) in [5, 5.41) is 8.98. The summed E-state index contributed by atoms with van der Waals surface area (Å²) in [4.78, 5) is 12.0. The molecule has 4 heterocycles. The molecule has 0 bridgehead atoms. The van der Waals surface area contributed by atoms with Gasteiger partial charge in [-0.2, -0.15) is 5.26 Å². The van der Waals surface area contributed by atoms with E-state index < -0.39 is 0 Å². The lowest BCUT2D eigenvalue weighted by atomic mass is 9.85. The van der Waals surface area contributed by atoms with Crippen LogP contribution in [-0.2, 0) is 30.2 Å². The molecule has 2 fully saturated rings.